The van der Waals surface area contributed by atoms with Crippen LogP contribution >= 0.6 is 0 Å². The Morgan fingerprint density at radius 1 is 1.00 bits per heavy atom. The lowest BCUT2D eigenvalue weighted by Crippen LogP contribution is -1.93. The number of hydrogen-bond acceptors (Lipinski definition) is 0. The second-order valence-electron chi connectivity index (χ2n) is 3.35. The fourth-order valence-corrected chi connectivity index (χ4v) is 1.62. The van der Waals surface area contributed by atoms with Gasteiger partial charge in [0.05, 0.1) is 0 Å². The molecule has 13 heavy (non-hydrogen) atoms. The summed E-state index contributed by atoms with van der Waals surface area (Å²) in [5, 5.41) is 0. The third-order valence-electron chi connectivity index (χ3n) is 2.63. The van der Waals surface area contributed by atoms with Gasteiger partial charge in [-0.05, 0) is 48.6 Å². The summed E-state index contributed by atoms with van der Waals surface area (Å²) in [7, 11) is 0. The molecule has 0 aliphatic heterocycles. The minimum atomic E-state index is 1.21. The second kappa shape index (κ2) is 3.61. The van der Waals surface area contributed by atoms with E-state index in [-0.39, 0.29) is 0 Å². The first-order chi connectivity index (χ1) is 6.11. The molecule has 0 heterocycles. The summed E-state index contributed by atoms with van der Waals surface area (Å²) < 4.78 is 0. The van der Waals surface area contributed by atoms with E-state index in [1.807, 2.05) is 12.2 Å². The van der Waals surface area contributed by atoms with E-state index >= 15 is 0 Å². The van der Waals surface area contributed by atoms with E-state index in [1.165, 1.54) is 27.8 Å². The Bertz CT molecular complexity index is 357. The van der Waals surface area contributed by atoms with Crippen molar-refractivity contribution in [1.29, 1.82) is 0 Å². The van der Waals surface area contributed by atoms with E-state index in [4.69, 9.17) is 0 Å². The van der Waals surface area contributed by atoms with Gasteiger partial charge in [-0.3, -0.25) is 0 Å². The topological polar surface area (TPSA) is 0 Å². The van der Waals surface area contributed by atoms with Crippen LogP contribution in [0.25, 0.3) is 12.2 Å². The molecule has 0 radical (unpaired) electrons. The molecule has 0 atom stereocenters. The number of hydrogen-bond donors (Lipinski definition) is 0. The zero-order valence-electron chi connectivity index (χ0n) is 8.65. The molecule has 0 spiro atoms. The Labute approximate surface area is 80.6 Å². The summed E-state index contributed by atoms with van der Waals surface area (Å²) in [6.45, 7) is 14.0. The molecule has 68 valence electrons. The first kappa shape index (κ1) is 9.79. The predicted molar refractivity (Wildman–Crippen MR) is 60.8 cm³/mol. The lowest BCUT2D eigenvalue weighted by molar-refractivity contribution is 1.27. The smallest absolute Gasteiger partial charge is 0.0195 e. The molecule has 0 fully saturated rings. The van der Waals surface area contributed by atoms with Crippen molar-refractivity contribution < 1.29 is 0 Å². The van der Waals surface area contributed by atoms with Gasteiger partial charge in [0, 0.05) is 0 Å². The van der Waals surface area contributed by atoms with Crippen LogP contribution < -0.4 is 0 Å². The van der Waals surface area contributed by atoms with Crippen LogP contribution in [0.15, 0.2) is 19.2 Å². The average molecular weight is 172 g/mol. The maximum absolute atomic E-state index is 3.83. The summed E-state index contributed by atoms with van der Waals surface area (Å²) in [6.07, 6.45) is 3.82. The summed E-state index contributed by atoms with van der Waals surface area (Å²) in [4.78, 5) is 0. The van der Waals surface area contributed by atoms with Crippen molar-refractivity contribution in [2.75, 3.05) is 0 Å². The van der Waals surface area contributed by atoms with Crippen molar-refractivity contribution in [3.63, 3.8) is 0 Å². The molecule has 0 nitrogen and oxygen atoms in total. The molecule has 0 unspecified atom stereocenters. The van der Waals surface area contributed by atoms with Crippen LogP contribution in [0.5, 0.6) is 0 Å². The minimum absolute atomic E-state index is 1.21. The molecule has 0 N–H and O–H groups in total. The van der Waals surface area contributed by atoms with Gasteiger partial charge >= 0.3 is 0 Å². The van der Waals surface area contributed by atoms with Crippen LogP contribution in [0.4, 0.5) is 0 Å². The molecular formula is C13H16. The molecule has 0 saturated heterocycles. The quantitative estimate of drug-likeness (QED) is 0.634. The average Bonchev–Trinajstić information content (AvgIpc) is 2.12. The normalized spacial score (nSPS) is 9.77. The number of rotatable bonds is 2. The highest BCUT2D eigenvalue weighted by Crippen LogP contribution is 2.23. The summed E-state index contributed by atoms with van der Waals surface area (Å²) in [6, 6.07) is 2.17. The summed E-state index contributed by atoms with van der Waals surface area (Å²) in [5.74, 6) is 0. The van der Waals surface area contributed by atoms with Crippen molar-refractivity contribution in [2.45, 2.75) is 20.8 Å². The zero-order chi connectivity index (χ0) is 10.0. The van der Waals surface area contributed by atoms with Crippen LogP contribution in [0.2, 0.25) is 0 Å². The Morgan fingerprint density at radius 2 is 1.62 bits per heavy atom. The van der Waals surface area contributed by atoms with Crippen molar-refractivity contribution in [2.24, 2.45) is 0 Å². The van der Waals surface area contributed by atoms with Crippen molar-refractivity contribution in [3.05, 3.63) is 47.0 Å². The molecular weight excluding hydrogens is 156 g/mol. The third kappa shape index (κ3) is 1.57. The highest BCUT2D eigenvalue weighted by molar-refractivity contribution is 5.66. The van der Waals surface area contributed by atoms with Crippen LogP contribution in [-0.4, -0.2) is 0 Å². The van der Waals surface area contributed by atoms with Crippen molar-refractivity contribution in [1.82, 2.24) is 0 Å². The van der Waals surface area contributed by atoms with Gasteiger partial charge < -0.3 is 0 Å². The largest absolute Gasteiger partial charge is 0.0985 e. The van der Waals surface area contributed by atoms with Gasteiger partial charge in [0.1, 0.15) is 0 Å². The van der Waals surface area contributed by atoms with E-state index in [1.54, 1.807) is 0 Å². The highest BCUT2D eigenvalue weighted by atomic mass is 14.1. The Morgan fingerprint density at radius 3 is 2.08 bits per heavy atom. The van der Waals surface area contributed by atoms with Gasteiger partial charge in [0.25, 0.3) is 0 Å². The summed E-state index contributed by atoms with van der Waals surface area (Å²) in [5.41, 5.74) is 6.34. The van der Waals surface area contributed by atoms with Crippen LogP contribution in [0.3, 0.4) is 0 Å². The van der Waals surface area contributed by atoms with E-state index in [9.17, 15) is 0 Å². The molecule has 1 aromatic carbocycles. The maximum atomic E-state index is 3.83. The number of aryl methyl sites for hydroxylation is 1. The van der Waals surface area contributed by atoms with E-state index in [0.29, 0.717) is 0 Å². The number of benzene rings is 1. The molecule has 0 aliphatic rings. The lowest BCUT2D eigenvalue weighted by Gasteiger charge is -2.11. The molecule has 0 bridgehead atoms. The fourth-order valence-electron chi connectivity index (χ4n) is 1.62. The Kier molecular flexibility index (Phi) is 2.72. The van der Waals surface area contributed by atoms with Gasteiger partial charge in [-0.25, -0.2) is 0 Å². The zero-order valence-corrected chi connectivity index (χ0v) is 8.65. The van der Waals surface area contributed by atoms with Gasteiger partial charge in [-0.2, -0.15) is 0 Å². The lowest BCUT2D eigenvalue weighted by atomic mass is 9.94. The molecule has 0 aromatic heterocycles. The van der Waals surface area contributed by atoms with E-state index in [2.05, 4.69) is 40.0 Å². The van der Waals surface area contributed by atoms with Gasteiger partial charge in [-0.1, -0.05) is 31.4 Å². The molecule has 0 heteroatoms. The Hall–Kier alpha value is -1.30. The van der Waals surface area contributed by atoms with Crippen molar-refractivity contribution >= 4 is 12.2 Å². The second-order valence-corrected chi connectivity index (χ2v) is 3.35. The molecule has 1 aromatic rings. The molecule has 0 saturated carbocycles. The van der Waals surface area contributed by atoms with Crippen LogP contribution in [0.1, 0.15) is 27.8 Å². The SMILES string of the molecule is C=Cc1cc(C)c(C)c(C=C)c1C. The Balaban J connectivity index is 3.56. The standard InChI is InChI=1S/C13H16/c1-6-12-8-9(3)10(4)13(7-2)11(12)5/h6-8H,1-2H2,3-5H3. The maximum Gasteiger partial charge on any atom is -0.0195 e. The van der Waals surface area contributed by atoms with Crippen LogP contribution in [0, 0.1) is 20.8 Å². The molecule has 0 amide bonds. The monoisotopic (exact) mass is 172 g/mol. The van der Waals surface area contributed by atoms with Gasteiger partial charge in [0.2, 0.25) is 0 Å². The van der Waals surface area contributed by atoms with E-state index in [0.717, 1.165) is 0 Å². The first-order valence-electron chi connectivity index (χ1n) is 4.47. The van der Waals surface area contributed by atoms with Crippen LogP contribution in [-0.2, 0) is 0 Å². The van der Waals surface area contributed by atoms with E-state index < -0.39 is 0 Å². The minimum Gasteiger partial charge on any atom is -0.0985 e. The third-order valence-corrected chi connectivity index (χ3v) is 2.63. The van der Waals surface area contributed by atoms with Gasteiger partial charge in [0.15, 0.2) is 0 Å². The van der Waals surface area contributed by atoms with Gasteiger partial charge in [-0.15, -0.1) is 0 Å². The summed E-state index contributed by atoms with van der Waals surface area (Å²) >= 11 is 0. The van der Waals surface area contributed by atoms with Crippen molar-refractivity contribution in [3.8, 4) is 0 Å². The first-order valence-corrected chi connectivity index (χ1v) is 4.47. The molecule has 1 rings (SSSR count). The predicted octanol–water partition coefficient (Wildman–Crippen LogP) is 3.90. The fraction of sp³-hybridized carbons (Fsp3) is 0.231. The molecule has 0 aliphatic carbocycles. The highest BCUT2D eigenvalue weighted by Gasteiger charge is 2.05.